The lowest BCUT2D eigenvalue weighted by Crippen LogP contribution is -2.46. The van der Waals surface area contributed by atoms with Crippen molar-refractivity contribution in [2.45, 2.75) is 46.0 Å². The first kappa shape index (κ1) is 22.3. The average molecular weight is 476 g/mol. The van der Waals surface area contributed by atoms with Crippen molar-refractivity contribution >= 4 is 16.7 Å². The number of hydrogen-bond donors (Lipinski definition) is 0. The second-order valence-corrected chi connectivity index (χ2v) is 10.0. The van der Waals surface area contributed by atoms with E-state index in [1.54, 1.807) is 6.20 Å². The maximum absolute atomic E-state index is 12.9. The zero-order chi connectivity index (χ0) is 25.2. The van der Waals surface area contributed by atoms with E-state index in [4.69, 9.17) is 21.1 Å². The number of fused-ring (bicyclic) bond motifs is 4. The molecule has 7 heteroatoms. The fourth-order valence-electron chi connectivity index (χ4n) is 6.18. The van der Waals surface area contributed by atoms with Crippen LogP contribution in [0.15, 0.2) is 52.8 Å². The summed E-state index contributed by atoms with van der Waals surface area (Å²) in [7, 11) is 0. The molecule has 0 amide bonds. The summed E-state index contributed by atoms with van der Waals surface area (Å²) in [6, 6.07) is 9.89. The zero-order valence-corrected chi connectivity index (χ0v) is 20.7. The van der Waals surface area contributed by atoms with Gasteiger partial charge in [-0.3, -0.25) is 4.98 Å². The molecule has 0 aliphatic heterocycles. The number of Topliss-reactive ketones (excluding diaryl/α,β-unsaturated/α-hetero) is 1. The highest BCUT2D eigenvalue weighted by molar-refractivity contribution is 6.00. The molecule has 2 aliphatic rings. The number of ketones is 1. The van der Waals surface area contributed by atoms with Gasteiger partial charge in [0, 0.05) is 34.0 Å². The first-order chi connectivity index (χ1) is 17.3. The minimum atomic E-state index is -0.574. The van der Waals surface area contributed by atoms with E-state index in [-0.39, 0.29) is 23.3 Å². The molecule has 0 N–H and O–H groups in total. The molecular formula is C29H25N5O2. The van der Waals surface area contributed by atoms with Gasteiger partial charge in [0.05, 0.1) is 34.7 Å². The van der Waals surface area contributed by atoms with Gasteiger partial charge in [0.15, 0.2) is 11.6 Å². The number of para-hydroxylation sites is 1. The Labute approximate surface area is 209 Å². The number of aryl methyl sites for hydroxylation is 2. The zero-order valence-electron chi connectivity index (χ0n) is 20.7. The summed E-state index contributed by atoms with van der Waals surface area (Å²) in [5, 5.41) is 5.16. The second kappa shape index (κ2) is 7.92. The summed E-state index contributed by atoms with van der Waals surface area (Å²) in [5.74, 6) is 1.02. The van der Waals surface area contributed by atoms with Crippen LogP contribution in [-0.4, -0.2) is 25.9 Å². The van der Waals surface area contributed by atoms with Crippen LogP contribution in [0.5, 0.6) is 0 Å². The predicted octanol–water partition coefficient (Wildman–Crippen LogP) is 5.81. The van der Waals surface area contributed by atoms with E-state index in [1.807, 2.05) is 57.2 Å². The molecular weight excluding hydrogens is 450 g/mol. The Morgan fingerprint density at radius 2 is 1.97 bits per heavy atom. The number of carbonyl (C=O) groups is 1. The van der Waals surface area contributed by atoms with Crippen molar-refractivity contribution in [2.24, 2.45) is 11.8 Å². The van der Waals surface area contributed by atoms with Gasteiger partial charge in [0.2, 0.25) is 5.70 Å². The number of allylic oxidation sites excluding steroid dienone is 2. The van der Waals surface area contributed by atoms with Gasteiger partial charge in [-0.05, 0) is 44.7 Å². The standard InChI is InChI=1S/C29H25N5O2/c1-15-21-11-10-20-25(24-16(2)34-36-17(24)3)32-28(19-12-13-31-22-9-7-6-8-18(19)22)33-27(20)29(21,4)14-23(30-5)26(15)35/h6-9,12-15,21H,10-11H2,1-4H3/t15-,21-,29-/m1/s1. The van der Waals surface area contributed by atoms with E-state index < -0.39 is 5.41 Å². The van der Waals surface area contributed by atoms with Gasteiger partial charge in [-0.2, -0.15) is 0 Å². The summed E-state index contributed by atoms with van der Waals surface area (Å²) in [4.78, 5) is 31.3. The van der Waals surface area contributed by atoms with E-state index in [0.717, 1.165) is 57.5 Å². The van der Waals surface area contributed by atoms with E-state index >= 15 is 0 Å². The normalized spacial score (nSPS) is 23.1. The molecule has 0 bridgehead atoms. The number of benzene rings is 1. The van der Waals surface area contributed by atoms with E-state index in [0.29, 0.717) is 11.6 Å². The molecule has 0 radical (unpaired) electrons. The first-order valence-electron chi connectivity index (χ1n) is 12.2. The molecule has 0 spiro atoms. The number of aromatic nitrogens is 4. The minimum absolute atomic E-state index is 0.0532. The van der Waals surface area contributed by atoms with Gasteiger partial charge in [0.25, 0.3) is 0 Å². The lowest BCUT2D eigenvalue weighted by molar-refractivity contribution is -0.121. The topological polar surface area (TPSA) is 86.1 Å². The fourth-order valence-corrected chi connectivity index (χ4v) is 6.18. The van der Waals surface area contributed by atoms with Crippen LogP contribution in [0.25, 0.3) is 38.4 Å². The monoisotopic (exact) mass is 475 g/mol. The molecule has 3 aromatic heterocycles. The lowest BCUT2D eigenvalue weighted by Gasteiger charge is -2.46. The summed E-state index contributed by atoms with van der Waals surface area (Å²) < 4.78 is 5.54. The molecule has 36 heavy (non-hydrogen) atoms. The maximum atomic E-state index is 12.9. The quantitative estimate of drug-likeness (QED) is 0.340. The number of nitrogens with zero attached hydrogens (tertiary/aromatic N) is 5. The number of rotatable bonds is 2. The summed E-state index contributed by atoms with van der Waals surface area (Å²) in [6.45, 7) is 15.5. The van der Waals surface area contributed by atoms with Crippen molar-refractivity contribution < 1.29 is 9.32 Å². The van der Waals surface area contributed by atoms with Crippen molar-refractivity contribution in [3.8, 4) is 22.6 Å². The number of carbonyl (C=O) groups excluding carboxylic acids is 1. The van der Waals surface area contributed by atoms with Gasteiger partial charge in [-0.1, -0.05) is 43.3 Å². The Bertz CT molecular complexity index is 1620. The van der Waals surface area contributed by atoms with Crippen molar-refractivity contribution in [3.63, 3.8) is 0 Å². The summed E-state index contributed by atoms with van der Waals surface area (Å²) in [5.41, 5.74) is 5.75. The van der Waals surface area contributed by atoms with Crippen LogP contribution in [0.1, 0.15) is 43.0 Å². The molecule has 0 saturated carbocycles. The van der Waals surface area contributed by atoms with Gasteiger partial charge >= 0.3 is 0 Å². The van der Waals surface area contributed by atoms with Crippen LogP contribution in [0, 0.1) is 32.3 Å². The second-order valence-electron chi connectivity index (χ2n) is 10.0. The van der Waals surface area contributed by atoms with E-state index in [9.17, 15) is 4.79 Å². The van der Waals surface area contributed by atoms with Crippen molar-refractivity contribution in [1.29, 1.82) is 0 Å². The third-order valence-corrected chi connectivity index (χ3v) is 7.98. The average Bonchev–Trinajstić information content (AvgIpc) is 3.22. The van der Waals surface area contributed by atoms with Crippen LogP contribution < -0.4 is 0 Å². The van der Waals surface area contributed by atoms with Crippen molar-refractivity contribution in [1.82, 2.24) is 20.1 Å². The third-order valence-electron chi connectivity index (χ3n) is 7.98. The van der Waals surface area contributed by atoms with Gasteiger partial charge in [-0.15, -0.1) is 0 Å². The SMILES string of the molecule is [C-]#[N+]C1=C[C@@]2(C)c3nc(-c4ccnc5ccccc45)nc(-c4c(C)noc4C)c3CC[C@@H]2[C@@H](C)C1=O. The minimum Gasteiger partial charge on any atom is -0.361 e. The molecule has 2 aliphatic carbocycles. The molecule has 7 nitrogen and oxygen atoms in total. The van der Waals surface area contributed by atoms with Crippen molar-refractivity contribution in [2.75, 3.05) is 0 Å². The largest absolute Gasteiger partial charge is 0.361 e. The Balaban J connectivity index is 1.71. The van der Waals surface area contributed by atoms with E-state index in [2.05, 4.69) is 21.9 Å². The molecule has 6 rings (SSSR count). The third kappa shape index (κ3) is 3.07. The van der Waals surface area contributed by atoms with Crippen LogP contribution >= 0.6 is 0 Å². The Morgan fingerprint density at radius 3 is 2.72 bits per heavy atom. The molecule has 0 unspecified atom stereocenters. The molecule has 0 saturated heterocycles. The highest BCUT2D eigenvalue weighted by Crippen LogP contribution is 2.51. The van der Waals surface area contributed by atoms with Crippen LogP contribution in [0.3, 0.4) is 0 Å². The number of pyridine rings is 1. The predicted molar refractivity (Wildman–Crippen MR) is 136 cm³/mol. The molecule has 3 atom stereocenters. The Morgan fingerprint density at radius 1 is 1.17 bits per heavy atom. The molecule has 3 heterocycles. The van der Waals surface area contributed by atoms with Crippen LogP contribution in [-0.2, 0) is 16.6 Å². The molecule has 0 fully saturated rings. The molecule has 4 aromatic rings. The molecule has 178 valence electrons. The van der Waals surface area contributed by atoms with Crippen LogP contribution in [0.4, 0.5) is 0 Å². The molecule has 1 aromatic carbocycles. The first-order valence-corrected chi connectivity index (χ1v) is 12.2. The van der Waals surface area contributed by atoms with Gasteiger partial charge < -0.3 is 9.32 Å². The summed E-state index contributed by atoms with van der Waals surface area (Å²) in [6.07, 6.45) is 5.18. The number of hydrogen-bond acceptors (Lipinski definition) is 6. The van der Waals surface area contributed by atoms with Crippen molar-refractivity contribution in [3.05, 3.63) is 82.4 Å². The lowest BCUT2D eigenvalue weighted by atomic mass is 9.58. The summed E-state index contributed by atoms with van der Waals surface area (Å²) >= 11 is 0. The smallest absolute Gasteiger partial charge is 0.226 e. The van der Waals surface area contributed by atoms with Gasteiger partial charge in [0.1, 0.15) is 5.76 Å². The highest BCUT2D eigenvalue weighted by Gasteiger charge is 2.49. The van der Waals surface area contributed by atoms with Gasteiger partial charge in [-0.25, -0.2) is 14.8 Å². The Kier molecular flexibility index (Phi) is 4.91. The maximum Gasteiger partial charge on any atom is 0.226 e. The fraction of sp³-hybridized carbons (Fsp3) is 0.310. The van der Waals surface area contributed by atoms with E-state index in [1.165, 1.54) is 0 Å². The highest BCUT2D eigenvalue weighted by atomic mass is 16.5. The van der Waals surface area contributed by atoms with Crippen LogP contribution in [0.2, 0.25) is 0 Å². The Hall–Kier alpha value is -4.18.